The van der Waals surface area contributed by atoms with E-state index >= 15 is 0 Å². The minimum Gasteiger partial charge on any atom is -0.486 e. The van der Waals surface area contributed by atoms with E-state index < -0.39 is 0 Å². The first-order valence-electron chi connectivity index (χ1n) is 11.1. The number of aromatic nitrogens is 2. The van der Waals surface area contributed by atoms with Gasteiger partial charge in [-0.05, 0) is 42.1 Å². The van der Waals surface area contributed by atoms with Crippen LogP contribution in [-0.4, -0.2) is 71.8 Å². The first kappa shape index (κ1) is 22.2. The molecule has 174 valence electrons. The highest BCUT2D eigenvalue weighted by molar-refractivity contribution is 7.13. The van der Waals surface area contributed by atoms with Crippen molar-refractivity contribution in [2.24, 2.45) is 0 Å². The largest absolute Gasteiger partial charge is 0.486 e. The summed E-state index contributed by atoms with van der Waals surface area (Å²) in [5.41, 5.74) is 0.846. The Labute approximate surface area is 201 Å². The molecule has 0 saturated carbocycles. The zero-order valence-corrected chi connectivity index (χ0v) is 19.7. The van der Waals surface area contributed by atoms with Crippen LogP contribution in [0.2, 0.25) is 5.02 Å². The van der Waals surface area contributed by atoms with Gasteiger partial charge in [0.15, 0.2) is 11.5 Å². The summed E-state index contributed by atoms with van der Waals surface area (Å²) in [6, 6.07) is 7.62. The summed E-state index contributed by atoms with van der Waals surface area (Å²) in [5.74, 6) is 2.62. The average molecular weight is 489 g/mol. The average Bonchev–Trinajstić information content (AvgIpc) is 3.52. The molecule has 0 N–H and O–H groups in total. The monoisotopic (exact) mass is 488 g/mol. The molecule has 10 heteroatoms. The van der Waals surface area contributed by atoms with Crippen LogP contribution in [0.4, 0.5) is 0 Å². The zero-order valence-electron chi connectivity index (χ0n) is 18.2. The van der Waals surface area contributed by atoms with Gasteiger partial charge < -0.3 is 18.9 Å². The summed E-state index contributed by atoms with van der Waals surface area (Å²) in [5, 5.41) is 6.55. The molecule has 1 aromatic carbocycles. The fraction of sp³-hybridized carbons (Fsp3) is 0.435. The normalized spacial score (nSPS) is 16.2. The van der Waals surface area contributed by atoms with E-state index in [-0.39, 0.29) is 5.91 Å². The highest BCUT2D eigenvalue weighted by atomic mass is 35.5. The van der Waals surface area contributed by atoms with Crippen LogP contribution in [0, 0.1) is 0 Å². The highest BCUT2D eigenvalue weighted by Crippen LogP contribution is 2.38. The third kappa shape index (κ3) is 5.31. The molecule has 5 rings (SSSR count). The number of aryl methyl sites for hydroxylation is 1. The Hall–Kier alpha value is -2.62. The maximum Gasteiger partial charge on any atom is 0.227 e. The van der Waals surface area contributed by atoms with Crippen molar-refractivity contribution in [2.75, 3.05) is 45.9 Å². The second-order valence-electron chi connectivity index (χ2n) is 8.09. The van der Waals surface area contributed by atoms with Gasteiger partial charge in [-0.1, -0.05) is 22.8 Å². The van der Waals surface area contributed by atoms with Crippen LogP contribution in [0.3, 0.4) is 0 Å². The molecule has 2 aliphatic rings. The van der Waals surface area contributed by atoms with Gasteiger partial charge in [-0.25, -0.2) is 0 Å². The smallest absolute Gasteiger partial charge is 0.227 e. The number of thiophene rings is 1. The maximum absolute atomic E-state index is 12.8. The minimum absolute atomic E-state index is 0.106. The van der Waals surface area contributed by atoms with Crippen LogP contribution >= 0.6 is 22.9 Å². The summed E-state index contributed by atoms with van der Waals surface area (Å²) in [7, 11) is 0. The molecule has 4 heterocycles. The number of amides is 1. The number of ether oxygens (including phenoxy) is 2. The van der Waals surface area contributed by atoms with Crippen molar-refractivity contribution in [3.8, 4) is 22.2 Å². The maximum atomic E-state index is 12.8. The fourth-order valence-electron chi connectivity index (χ4n) is 4.09. The van der Waals surface area contributed by atoms with E-state index in [0.29, 0.717) is 47.9 Å². The molecular formula is C23H25ClN4O4S. The van der Waals surface area contributed by atoms with Gasteiger partial charge in [0, 0.05) is 32.6 Å². The van der Waals surface area contributed by atoms with Crippen molar-refractivity contribution in [3.63, 3.8) is 0 Å². The highest BCUT2D eigenvalue weighted by Gasteiger charge is 2.23. The second-order valence-corrected chi connectivity index (χ2v) is 9.45. The summed E-state index contributed by atoms with van der Waals surface area (Å²) in [6.45, 7) is 5.08. The van der Waals surface area contributed by atoms with Crippen LogP contribution in [0.15, 0.2) is 34.2 Å². The number of benzene rings is 1. The van der Waals surface area contributed by atoms with Gasteiger partial charge in [-0.3, -0.25) is 9.69 Å². The molecule has 2 aromatic heterocycles. The number of hydrogen-bond donors (Lipinski definition) is 0. The lowest BCUT2D eigenvalue weighted by molar-refractivity contribution is -0.132. The first-order valence-corrected chi connectivity index (χ1v) is 12.4. The number of nitrogens with zero attached hydrogens (tertiary/aromatic N) is 4. The molecule has 1 saturated heterocycles. The van der Waals surface area contributed by atoms with E-state index in [2.05, 4.69) is 15.0 Å². The third-order valence-electron chi connectivity index (χ3n) is 5.81. The lowest BCUT2D eigenvalue weighted by Crippen LogP contribution is -2.49. The van der Waals surface area contributed by atoms with E-state index in [9.17, 15) is 4.79 Å². The van der Waals surface area contributed by atoms with Crippen molar-refractivity contribution in [1.29, 1.82) is 0 Å². The van der Waals surface area contributed by atoms with E-state index in [1.165, 1.54) is 0 Å². The van der Waals surface area contributed by atoms with E-state index in [1.807, 2.05) is 28.5 Å². The van der Waals surface area contributed by atoms with Gasteiger partial charge in [0.05, 0.1) is 16.3 Å². The Morgan fingerprint density at radius 2 is 2.00 bits per heavy atom. The SMILES string of the molecule is O=C(Cc1cc(Cl)c2c(c1)OCCO2)N1CCN(CCCc2nc(-c3cccs3)no2)CC1. The van der Waals surface area contributed by atoms with Crippen molar-refractivity contribution in [3.05, 3.63) is 46.1 Å². The number of rotatable bonds is 7. The Bertz CT molecular complexity index is 1100. The fourth-order valence-corrected chi connectivity index (χ4v) is 5.03. The van der Waals surface area contributed by atoms with Crippen LogP contribution in [0.5, 0.6) is 11.5 Å². The molecule has 1 amide bonds. The van der Waals surface area contributed by atoms with E-state index in [4.69, 9.17) is 25.6 Å². The van der Waals surface area contributed by atoms with Crippen LogP contribution < -0.4 is 9.47 Å². The van der Waals surface area contributed by atoms with Gasteiger partial charge in [0.2, 0.25) is 17.6 Å². The Morgan fingerprint density at radius 1 is 1.15 bits per heavy atom. The van der Waals surface area contributed by atoms with Crippen molar-refractivity contribution in [1.82, 2.24) is 19.9 Å². The van der Waals surface area contributed by atoms with Crippen molar-refractivity contribution < 1.29 is 18.8 Å². The molecule has 33 heavy (non-hydrogen) atoms. The number of piperazine rings is 1. The molecule has 8 nitrogen and oxygen atoms in total. The number of hydrogen-bond acceptors (Lipinski definition) is 8. The second kappa shape index (κ2) is 10.1. The predicted octanol–water partition coefficient (Wildman–Crippen LogP) is 3.54. The van der Waals surface area contributed by atoms with Crippen molar-refractivity contribution in [2.45, 2.75) is 19.3 Å². The number of carbonyl (C=O) groups excluding carboxylic acids is 1. The molecule has 0 radical (unpaired) electrons. The molecule has 0 spiro atoms. The number of halogens is 1. The molecule has 0 aliphatic carbocycles. The standard InChI is InChI=1S/C23H25ClN4O4S/c24-17-13-16(14-18-22(17)31-11-10-30-18)15-21(29)28-8-6-27(7-9-28)5-1-4-20-25-23(26-32-20)19-3-2-12-33-19/h2-3,12-14H,1,4-11,15H2. The van der Waals surface area contributed by atoms with Gasteiger partial charge in [0.25, 0.3) is 0 Å². The Balaban J connectivity index is 1.06. The Morgan fingerprint density at radius 3 is 2.82 bits per heavy atom. The van der Waals surface area contributed by atoms with Crippen LogP contribution in [0.1, 0.15) is 17.9 Å². The van der Waals surface area contributed by atoms with Gasteiger partial charge in [0.1, 0.15) is 13.2 Å². The minimum atomic E-state index is 0.106. The van der Waals surface area contributed by atoms with Crippen LogP contribution in [-0.2, 0) is 17.6 Å². The Kier molecular flexibility index (Phi) is 6.80. The third-order valence-corrected chi connectivity index (χ3v) is 6.96. The number of fused-ring (bicyclic) bond motifs is 1. The predicted molar refractivity (Wildman–Crippen MR) is 125 cm³/mol. The van der Waals surface area contributed by atoms with E-state index in [0.717, 1.165) is 56.0 Å². The van der Waals surface area contributed by atoms with Gasteiger partial charge >= 0.3 is 0 Å². The summed E-state index contributed by atoms with van der Waals surface area (Å²) in [4.78, 5) is 22.6. The molecule has 2 aliphatic heterocycles. The molecule has 1 fully saturated rings. The van der Waals surface area contributed by atoms with Crippen molar-refractivity contribution >= 4 is 28.8 Å². The van der Waals surface area contributed by atoms with Gasteiger partial charge in [-0.15, -0.1) is 11.3 Å². The molecule has 0 atom stereocenters. The van der Waals surface area contributed by atoms with Gasteiger partial charge in [-0.2, -0.15) is 4.98 Å². The van der Waals surface area contributed by atoms with Crippen LogP contribution in [0.25, 0.3) is 10.7 Å². The van der Waals surface area contributed by atoms with E-state index in [1.54, 1.807) is 17.4 Å². The topological polar surface area (TPSA) is 80.9 Å². The first-order chi connectivity index (χ1) is 16.2. The molecular weight excluding hydrogens is 464 g/mol. The number of carbonyl (C=O) groups is 1. The summed E-state index contributed by atoms with van der Waals surface area (Å²) < 4.78 is 16.5. The summed E-state index contributed by atoms with van der Waals surface area (Å²) in [6.07, 6.45) is 2.00. The quantitative estimate of drug-likeness (QED) is 0.503. The lowest BCUT2D eigenvalue weighted by Gasteiger charge is -2.34. The molecule has 3 aromatic rings. The lowest BCUT2D eigenvalue weighted by atomic mass is 10.1. The molecule has 0 bridgehead atoms. The molecule has 0 unspecified atom stereocenters. The zero-order chi connectivity index (χ0) is 22.6. The summed E-state index contributed by atoms with van der Waals surface area (Å²) >= 11 is 7.91.